The second-order valence-electron chi connectivity index (χ2n) is 4.01. The Morgan fingerprint density at radius 2 is 2.12 bits per heavy atom. The lowest BCUT2D eigenvalue weighted by atomic mass is 9.98. The fourth-order valence-corrected chi connectivity index (χ4v) is 1.57. The minimum absolute atomic E-state index is 0.162. The predicted molar refractivity (Wildman–Crippen MR) is 66.3 cm³/mol. The van der Waals surface area contributed by atoms with E-state index in [1.807, 2.05) is 26.0 Å². The molecule has 0 aliphatic heterocycles. The van der Waals surface area contributed by atoms with Crippen LogP contribution in [0.5, 0.6) is 0 Å². The summed E-state index contributed by atoms with van der Waals surface area (Å²) < 4.78 is 0. The Morgan fingerprint density at radius 1 is 1.44 bits per heavy atom. The van der Waals surface area contributed by atoms with E-state index in [4.69, 9.17) is 11.5 Å². The summed E-state index contributed by atoms with van der Waals surface area (Å²) in [5, 5.41) is 2.71. The molecular weight excluding hydrogens is 202 g/mol. The van der Waals surface area contributed by atoms with E-state index >= 15 is 0 Å². The van der Waals surface area contributed by atoms with Gasteiger partial charge in [0.1, 0.15) is 0 Å². The van der Waals surface area contributed by atoms with Gasteiger partial charge in [-0.05, 0) is 17.5 Å². The lowest BCUT2D eigenvalue weighted by molar-refractivity contribution is 0.0955. The summed E-state index contributed by atoms with van der Waals surface area (Å²) >= 11 is 0. The van der Waals surface area contributed by atoms with E-state index in [9.17, 15) is 4.79 Å². The molecule has 0 radical (unpaired) electrons. The molecular formula is C12H19N3O. The van der Waals surface area contributed by atoms with Crippen molar-refractivity contribution in [3.63, 3.8) is 0 Å². The van der Waals surface area contributed by atoms with Crippen molar-refractivity contribution in [1.29, 1.82) is 0 Å². The zero-order valence-electron chi connectivity index (χ0n) is 9.79. The number of hydrogen-bond acceptors (Lipinski definition) is 3. The summed E-state index contributed by atoms with van der Waals surface area (Å²) in [6.45, 7) is 4.99. The number of carbonyl (C=O) groups is 1. The van der Waals surface area contributed by atoms with Crippen LogP contribution in [0.25, 0.3) is 0 Å². The van der Waals surface area contributed by atoms with E-state index in [1.54, 1.807) is 6.07 Å². The molecule has 1 aromatic carbocycles. The molecule has 1 aromatic rings. The number of nitrogen functional groups attached to an aromatic ring is 1. The number of benzene rings is 1. The fourth-order valence-electron chi connectivity index (χ4n) is 1.57. The summed E-state index contributed by atoms with van der Waals surface area (Å²) in [6.07, 6.45) is 0. The van der Waals surface area contributed by atoms with Crippen LogP contribution in [0.1, 0.15) is 35.7 Å². The quantitative estimate of drug-likeness (QED) is 0.665. The summed E-state index contributed by atoms with van der Waals surface area (Å²) in [7, 11) is 0. The molecule has 0 saturated heterocycles. The van der Waals surface area contributed by atoms with Crippen LogP contribution in [0.15, 0.2) is 18.2 Å². The normalized spacial score (nSPS) is 10.5. The van der Waals surface area contributed by atoms with Gasteiger partial charge in [-0.3, -0.25) is 4.79 Å². The third-order valence-corrected chi connectivity index (χ3v) is 2.44. The van der Waals surface area contributed by atoms with E-state index in [-0.39, 0.29) is 5.91 Å². The molecule has 16 heavy (non-hydrogen) atoms. The van der Waals surface area contributed by atoms with Gasteiger partial charge in [0.2, 0.25) is 0 Å². The molecule has 5 N–H and O–H groups in total. The van der Waals surface area contributed by atoms with Crippen LogP contribution >= 0.6 is 0 Å². The van der Waals surface area contributed by atoms with Crippen molar-refractivity contribution < 1.29 is 4.79 Å². The molecule has 0 spiro atoms. The summed E-state index contributed by atoms with van der Waals surface area (Å²) in [5.74, 6) is 0.146. The molecule has 1 rings (SSSR count). The first-order valence-corrected chi connectivity index (χ1v) is 5.44. The fraction of sp³-hybridized carbons (Fsp3) is 0.417. The van der Waals surface area contributed by atoms with E-state index in [2.05, 4.69) is 5.32 Å². The first kappa shape index (κ1) is 12.5. The summed E-state index contributed by atoms with van der Waals surface area (Å²) in [4.78, 5) is 11.8. The number of para-hydroxylation sites is 1. The highest BCUT2D eigenvalue weighted by Gasteiger charge is 2.13. The van der Waals surface area contributed by atoms with Gasteiger partial charge < -0.3 is 16.8 Å². The Morgan fingerprint density at radius 3 is 2.69 bits per heavy atom. The Kier molecular flexibility index (Phi) is 4.31. The topological polar surface area (TPSA) is 81.1 Å². The number of rotatable bonds is 4. The van der Waals surface area contributed by atoms with Crippen molar-refractivity contribution >= 4 is 11.6 Å². The largest absolute Gasteiger partial charge is 0.398 e. The molecule has 0 fully saturated rings. The Balaban J connectivity index is 2.96. The van der Waals surface area contributed by atoms with Crippen LogP contribution in [0, 0.1) is 0 Å². The molecule has 0 unspecified atom stereocenters. The van der Waals surface area contributed by atoms with Gasteiger partial charge in [0.05, 0.1) is 5.56 Å². The average molecular weight is 221 g/mol. The van der Waals surface area contributed by atoms with Gasteiger partial charge in [-0.15, -0.1) is 0 Å². The lowest BCUT2D eigenvalue weighted by Crippen LogP contribution is -2.29. The van der Waals surface area contributed by atoms with Crippen LogP contribution in [0.2, 0.25) is 0 Å². The second kappa shape index (κ2) is 5.51. The summed E-state index contributed by atoms with van der Waals surface area (Å²) in [5.41, 5.74) is 13.4. The predicted octanol–water partition coefficient (Wildman–Crippen LogP) is 1.08. The van der Waals surface area contributed by atoms with Crippen molar-refractivity contribution in [2.75, 3.05) is 18.8 Å². The monoisotopic (exact) mass is 221 g/mol. The molecule has 4 nitrogen and oxygen atoms in total. The van der Waals surface area contributed by atoms with Gasteiger partial charge in [0.15, 0.2) is 0 Å². The van der Waals surface area contributed by atoms with E-state index in [0.29, 0.717) is 30.3 Å². The third-order valence-electron chi connectivity index (χ3n) is 2.44. The first-order valence-electron chi connectivity index (χ1n) is 5.44. The maximum atomic E-state index is 11.8. The van der Waals surface area contributed by atoms with Crippen molar-refractivity contribution in [2.45, 2.75) is 19.8 Å². The van der Waals surface area contributed by atoms with Gasteiger partial charge in [0.25, 0.3) is 5.91 Å². The van der Waals surface area contributed by atoms with Gasteiger partial charge in [-0.25, -0.2) is 0 Å². The van der Waals surface area contributed by atoms with E-state index < -0.39 is 0 Å². The summed E-state index contributed by atoms with van der Waals surface area (Å²) in [6, 6.07) is 5.52. The zero-order chi connectivity index (χ0) is 12.1. The molecule has 0 atom stereocenters. The van der Waals surface area contributed by atoms with E-state index in [0.717, 1.165) is 5.56 Å². The molecule has 1 amide bonds. The zero-order valence-corrected chi connectivity index (χ0v) is 9.79. The number of anilines is 1. The van der Waals surface area contributed by atoms with Crippen molar-refractivity contribution in [2.24, 2.45) is 5.73 Å². The lowest BCUT2D eigenvalue weighted by Gasteiger charge is -2.13. The maximum Gasteiger partial charge on any atom is 0.253 e. The maximum absolute atomic E-state index is 11.8. The second-order valence-corrected chi connectivity index (χ2v) is 4.01. The number of hydrogen-bond donors (Lipinski definition) is 3. The van der Waals surface area contributed by atoms with Gasteiger partial charge >= 0.3 is 0 Å². The Bertz CT molecular complexity index is 375. The van der Waals surface area contributed by atoms with Crippen molar-refractivity contribution in [1.82, 2.24) is 5.32 Å². The Labute approximate surface area is 96.0 Å². The minimum atomic E-state index is -0.162. The third kappa shape index (κ3) is 2.73. The molecule has 0 aliphatic carbocycles. The van der Waals surface area contributed by atoms with Crippen molar-refractivity contribution in [3.05, 3.63) is 29.3 Å². The number of nitrogens with two attached hydrogens (primary N) is 2. The molecule has 0 aliphatic rings. The van der Waals surface area contributed by atoms with E-state index in [1.165, 1.54) is 0 Å². The van der Waals surface area contributed by atoms with Crippen LogP contribution < -0.4 is 16.8 Å². The average Bonchev–Trinajstić information content (AvgIpc) is 2.25. The standard InChI is InChI=1S/C12H19N3O/c1-8(2)9-4-3-5-10(11(9)14)12(16)15-7-6-13/h3-5,8H,6-7,13-14H2,1-2H3,(H,15,16). The molecule has 4 heteroatoms. The van der Waals surface area contributed by atoms with Gasteiger partial charge in [-0.1, -0.05) is 26.0 Å². The van der Waals surface area contributed by atoms with Crippen LogP contribution in [-0.2, 0) is 0 Å². The highest BCUT2D eigenvalue weighted by atomic mass is 16.1. The molecule has 0 bridgehead atoms. The molecule has 88 valence electrons. The van der Waals surface area contributed by atoms with Crippen LogP contribution in [0.4, 0.5) is 5.69 Å². The highest BCUT2D eigenvalue weighted by Crippen LogP contribution is 2.24. The van der Waals surface area contributed by atoms with Crippen LogP contribution in [0.3, 0.4) is 0 Å². The van der Waals surface area contributed by atoms with Crippen LogP contribution in [-0.4, -0.2) is 19.0 Å². The minimum Gasteiger partial charge on any atom is -0.398 e. The number of amides is 1. The SMILES string of the molecule is CC(C)c1cccc(C(=O)NCCN)c1N. The molecule has 0 heterocycles. The molecule has 0 aromatic heterocycles. The molecule has 0 saturated carbocycles. The number of carbonyl (C=O) groups excluding carboxylic acids is 1. The Hall–Kier alpha value is -1.55. The highest BCUT2D eigenvalue weighted by molar-refractivity contribution is 5.99. The smallest absolute Gasteiger partial charge is 0.253 e. The first-order chi connectivity index (χ1) is 7.57. The van der Waals surface area contributed by atoms with Gasteiger partial charge in [0, 0.05) is 18.8 Å². The van der Waals surface area contributed by atoms with Gasteiger partial charge in [-0.2, -0.15) is 0 Å². The number of nitrogens with one attached hydrogen (secondary N) is 1. The van der Waals surface area contributed by atoms with Crippen molar-refractivity contribution in [3.8, 4) is 0 Å².